The van der Waals surface area contributed by atoms with Gasteiger partial charge < -0.3 is 10.6 Å². The molecule has 0 unspecified atom stereocenters. The molecule has 152 valence electrons. The van der Waals surface area contributed by atoms with Gasteiger partial charge in [0.2, 0.25) is 0 Å². The third kappa shape index (κ3) is 4.52. The van der Waals surface area contributed by atoms with Crippen LogP contribution in [0.4, 0.5) is 11.5 Å². The van der Waals surface area contributed by atoms with Crippen LogP contribution in [-0.4, -0.2) is 22.0 Å². The first-order chi connectivity index (χ1) is 13.2. The first-order valence-corrected chi connectivity index (χ1v) is 9.69. The smallest absolute Gasteiger partial charge is 0.330 e. The maximum Gasteiger partial charge on any atom is 0.330 e. The molecule has 0 saturated carbocycles. The zero-order chi connectivity index (χ0) is 21.0. The number of nitrogens with zero attached hydrogens (tertiary/aromatic N) is 2. The summed E-state index contributed by atoms with van der Waals surface area (Å²) in [5.41, 5.74) is 7.46. The van der Waals surface area contributed by atoms with Crippen molar-refractivity contribution in [3.8, 4) is 0 Å². The average Bonchev–Trinajstić information content (AvgIpc) is 2.59. The molecule has 0 bridgehead atoms. The van der Waals surface area contributed by atoms with E-state index >= 15 is 0 Å². The highest BCUT2D eigenvalue weighted by Crippen LogP contribution is 2.23. The van der Waals surface area contributed by atoms with Crippen LogP contribution in [0.5, 0.6) is 0 Å². The van der Waals surface area contributed by atoms with E-state index in [-0.39, 0.29) is 23.3 Å². The summed E-state index contributed by atoms with van der Waals surface area (Å²) >= 11 is 0. The van der Waals surface area contributed by atoms with Gasteiger partial charge in [0.15, 0.2) is 5.69 Å². The summed E-state index contributed by atoms with van der Waals surface area (Å²) in [6.45, 7) is 10.4. The number of benzene rings is 1. The van der Waals surface area contributed by atoms with Gasteiger partial charge in [0, 0.05) is 18.7 Å². The van der Waals surface area contributed by atoms with E-state index < -0.39 is 11.2 Å². The van der Waals surface area contributed by atoms with Gasteiger partial charge in [-0.2, -0.15) is 0 Å². The van der Waals surface area contributed by atoms with Crippen molar-refractivity contribution in [1.29, 1.82) is 0 Å². The first kappa shape index (κ1) is 21.5. The van der Waals surface area contributed by atoms with Gasteiger partial charge in [0.25, 0.3) is 11.5 Å². The summed E-state index contributed by atoms with van der Waals surface area (Å²) in [7, 11) is 0. The van der Waals surface area contributed by atoms with Crippen molar-refractivity contribution in [3.05, 3.63) is 55.7 Å². The van der Waals surface area contributed by atoms with E-state index in [4.69, 9.17) is 5.73 Å². The summed E-state index contributed by atoms with van der Waals surface area (Å²) in [5.74, 6) is -0.172. The number of rotatable bonds is 7. The van der Waals surface area contributed by atoms with Crippen molar-refractivity contribution < 1.29 is 4.79 Å². The average molecular weight is 386 g/mol. The number of nitrogen functional groups attached to an aromatic ring is 1. The van der Waals surface area contributed by atoms with Crippen molar-refractivity contribution in [2.75, 3.05) is 17.2 Å². The lowest BCUT2D eigenvalue weighted by molar-refractivity contribution is 0.0983. The number of anilines is 2. The highest BCUT2D eigenvalue weighted by molar-refractivity contribution is 6.08. The molecule has 0 aliphatic rings. The van der Waals surface area contributed by atoms with Crippen LogP contribution in [0.25, 0.3) is 0 Å². The highest BCUT2D eigenvalue weighted by atomic mass is 16.2. The molecule has 7 heteroatoms. The molecular weight excluding hydrogens is 356 g/mol. The number of H-pyrrole nitrogens is 1. The Morgan fingerprint density at radius 3 is 2.50 bits per heavy atom. The van der Waals surface area contributed by atoms with E-state index in [1.54, 1.807) is 6.07 Å². The number of nitrogens with two attached hydrogens (primary N) is 1. The Balaban J connectivity index is 2.64. The molecule has 1 aromatic heterocycles. The summed E-state index contributed by atoms with van der Waals surface area (Å²) in [6, 6.07) is 5.55. The summed E-state index contributed by atoms with van der Waals surface area (Å²) in [5, 5.41) is 0. The molecule has 2 aromatic rings. The summed E-state index contributed by atoms with van der Waals surface area (Å²) in [4.78, 5) is 41.9. The second kappa shape index (κ2) is 8.91. The van der Waals surface area contributed by atoms with Crippen LogP contribution in [0.15, 0.2) is 27.8 Å². The lowest BCUT2D eigenvalue weighted by Gasteiger charge is -2.26. The van der Waals surface area contributed by atoms with E-state index in [0.717, 1.165) is 24.0 Å². The van der Waals surface area contributed by atoms with Crippen molar-refractivity contribution in [2.45, 2.75) is 54.0 Å². The number of aryl methyl sites for hydroxylation is 2. The van der Waals surface area contributed by atoms with E-state index in [2.05, 4.69) is 4.98 Å². The minimum Gasteiger partial charge on any atom is -0.383 e. The number of unbranched alkanes of at least 4 members (excludes halogenated alkanes) is 1. The normalized spacial score (nSPS) is 11.1. The second-order valence-corrected chi connectivity index (χ2v) is 7.63. The fourth-order valence-electron chi connectivity index (χ4n) is 3.22. The number of carbonyl (C=O) groups is 1. The van der Waals surface area contributed by atoms with Gasteiger partial charge in [-0.15, -0.1) is 0 Å². The Morgan fingerprint density at radius 1 is 1.25 bits per heavy atom. The van der Waals surface area contributed by atoms with Gasteiger partial charge in [-0.25, -0.2) is 4.79 Å². The summed E-state index contributed by atoms with van der Waals surface area (Å²) < 4.78 is 1.34. The lowest BCUT2D eigenvalue weighted by atomic mass is 10.0. The van der Waals surface area contributed by atoms with E-state index in [1.165, 1.54) is 9.47 Å². The first-order valence-electron chi connectivity index (χ1n) is 9.69. The standard InChI is InChI=1S/C21H30N4O3/c1-6-7-10-24-18(22)17(19(26)23-21(24)28)25(12-13(2)3)20(27)16-9-8-14(4)11-15(16)5/h8-9,11,13H,6-7,10,12,22H2,1-5H3,(H,23,26,28). The molecule has 3 N–H and O–H groups in total. The van der Waals surface area contributed by atoms with Crippen LogP contribution < -0.4 is 21.9 Å². The minimum atomic E-state index is -0.644. The lowest BCUT2D eigenvalue weighted by Crippen LogP contribution is -2.43. The number of nitrogens with one attached hydrogen (secondary N) is 1. The highest BCUT2D eigenvalue weighted by Gasteiger charge is 2.26. The zero-order valence-electron chi connectivity index (χ0n) is 17.3. The molecule has 1 amide bonds. The number of carbonyl (C=O) groups excluding carboxylic acids is 1. The Hall–Kier alpha value is -2.83. The van der Waals surface area contributed by atoms with Crippen LogP contribution in [0.3, 0.4) is 0 Å². The third-order valence-corrected chi connectivity index (χ3v) is 4.62. The fourth-order valence-corrected chi connectivity index (χ4v) is 3.22. The Kier molecular flexibility index (Phi) is 6.83. The SMILES string of the molecule is CCCCn1c(N)c(N(CC(C)C)C(=O)c2ccc(C)cc2C)c(=O)[nH]c1=O. The van der Waals surface area contributed by atoms with Gasteiger partial charge in [-0.1, -0.05) is 44.9 Å². The van der Waals surface area contributed by atoms with Gasteiger partial charge >= 0.3 is 5.69 Å². The second-order valence-electron chi connectivity index (χ2n) is 7.63. The van der Waals surface area contributed by atoms with Crippen LogP contribution in [0.1, 0.15) is 55.1 Å². The Morgan fingerprint density at radius 2 is 1.93 bits per heavy atom. The number of hydrogen-bond acceptors (Lipinski definition) is 4. The molecule has 0 saturated heterocycles. The molecular formula is C21H30N4O3. The van der Waals surface area contributed by atoms with Crippen molar-refractivity contribution in [1.82, 2.24) is 9.55 Å². The maximum absolute atomic E-state index is 13.4. The molecule has 0 atom stereocenters. The molecule has 0 radical (unpaired) electrons. The molecule has 0 aliphatic heterocycles. The van der Waals surface area contributed by atoms with Crippen LogP contribution in [0.2, 0.25) is 0 Å². The molecule has 7 nitrogen and oxygen atoms in total. The van der Waals surface area contributed by atoms with Crippen molar-refractivity contribution >= 4 is 17.4 Å². The van der Waals surface area contributed by atoms with Gasteiger partial charge in [-0.3, -0.25) is 19.1 Å². The van der Waals surface area contributed by atoms with Crippen molar-refractivity contribution in [2.24, 2.45) is 5.92 Å². The molecule has 0 spiro atoms. The molecule has 1 aromatic carbocycles. The predicted octanol–water partition coefficient (Wildman–Crippen LogP) is 2.84. The van der Waals surface area contributed by atoms with Crippen LogP contribution >= 0.6 is 0 Å². The monoisotopic (exact) mass is 386 g/mol. The summed E-state index contributed by atoms with van der Waals surface area (Å²) in [6.07, 6.45) is 1.61. The quantitative estimate of drug-likeness (QED) is 0.764. The fraction of sp³-hybridized carbons (Fsp3) is 0.476. The Bertz CT molecular complexity index is 973. The van der Waals surface area contributed by atoms with E-state index in [0.29, 0.717) is 18.7 Å². The number of hydrogen-bond donors (Lipinski definition) is 2. The topological polar surface area (TPSA) is 101 Å². The minimum absolute atomic E-state index is 0.0287. The number of aromatic nitrogens is 2. The van der Waals surface area contributed by atoms with Crippen LogP contribution in [0, 0.1) is 19.8 Å². The molecule has 0 aliphatic carbocycles. The van der Waals surface area contributed by atoms with Crippen LogP contribution in [-0.2, 0) is 6.54 Å². The molecule has 28 heavy (non-hydrogen) atoms. The molecule has 2 rings (SSSR count). The number of aromatic amines is 1. The largest absolute Gasteiger partial charge is 0.383 e. The van der Waals surface area contributed by atoms with Gasteiger partial charge in [0.1, 0.15) is 5.82 Å². The molecule has 0 fully saturated rings. The van der Waals surface area contributed by atoms with Gasteiger partial charge in [-0.05, 0) is 37.8 Å². The maximum atomic E-state index is 13.4. The number of amides is 1. The van der Waals surface area contributed by atoms with E-state index in [9.17, 15) is 14.4 Å². The third-order valence-electron chi connectivity index (χ3n) is 4.62. The predicted molar refractivity (Wildman–Crippen MR) is 113 cm³/mol. The molecule has 1 heterocycles. The van der Waals surface area contributed by atoms with Crippen molar-refractivity contribution in [3.63, 3.8) is 0 Å². The zero-order valence-corrected chi connectivity index (χ0v) is 17.3. The van der Waals surface area contributed by atoms with E-state index in [1.807, 2.05) is 46.8 Å². The van der Waals surface area contributed by atoms with Gasteiger partial charge in [0.05, 0.1) is 0 Å². The Labute approximate surface area is 165 Å².